The van der Waals surface area contributed by atoms with E-state index in [0.29, 0.717) is 0 Å². The second kappa shape index (κ2) is 20.5. The van der Waals surface area contributed by atoms with Crippen molar-refractivity contribution in [3.63, 3.8) is 0 Å². The van der Waals surface area contributed by atoms with E-state index in [1.165, 1.54) is 21.9 Å². The average Bonchev–Trinajstić information content (AvgIpc) is 2.43. The van der Waals surface area contributed by atoms with Gasteiger partial charge in [-0.25, -0.2) is 10.5 Å². The van der Waals surface area contributed by atoms with Gasteiger partial charge in [0.2, 0.25) is 0 Å². The summed E-state index contributed by atoms with van der Waals surface area (Å²) in [6.07, 6.45) is 7.15. The van der Waals surface area contributed by atoms with Crippen LogP contribution in [0.1, 0.15) is 11.1 Å². The summed E-state index contributed by atoms with van der Waals surface area (Å²) < 4.78 is 0. The SMILES string of the molecule is Cc1ccncc1.Cc1ccncc1.N#C[S-].N#C[S-].[Ni+2]. The van der Waals surface area contributed by atoms with E-state index >= 15 is 0 Å². The standard InChI is InChI=1S/2C6H7N.2CHNS.Ni/c2*1-6-2-4-7-5-3-6;2*2-1-3;/h2*2-5H,1H3;2*3H;/q;;;;+2/p-2. The fourth-order valence-corrected chi connectivity index (χ4v) is 0.853. The zero-order valence-electron chi connectivity index (χ0n) is 11.5. The van der Waals surface area contributed by atoms with Crippen molar-refractivity contribution in [2.45, 2.75) is 13.8 Å². The molecule has 0 amide bonds. The summed E-state index contributed by atoms with van der Waals surface area (Å²) in [4.78, 5) is 7.69. The Morgan fingerprint density at radius 2 is 0.952 bits per heavy atom. The molecule has 0 spiro atoms. The zero-order chi connectivity index (χ0) is 15.6. The first-order chi connectivity index (χ1) is 9.62. The van der Waals surface area contributed by atoms with Crippen molar-refractivity contribution in [2.75, 3.05) is 0 Å². The van der Waals surface area contributed by atoms with Crippen LogP contribution in [0.3, 0.4) is 0 Å². The minimum Gasteiger partial charge on any atom is -0.696 e. The molecule has 0 fully saturated rings. The number of rotatable bonds is 0. The van der Waals surface area contributed by atoms with Crippen LogP contribution in [-0.4, -0.2) is 9.97 Å². The number of aryl methyl sites for hydroxylation is 2. The minimum absolute atomic E-state index is 0. The number of aromatic nitrogens is 2. The van der Waals surface area contributed by atoms with Crippen LogP contribution in [0, 0.1) is 35.2 Å². The van der Waals surface area contributed by atoms with E-state index in [1.807, 2.05) is 38.1 Å². The molecule has 0 atom stereocenters. The molecule has 0 aliphatic carbocycles. The molecule has 2 heterocycles. The Balaban J connectivity index is -0.000000220. The molecule has 0 aliphatic heterocycles. The maximum atomic E-state index is 7.13. The predicted molar refractivity (Wildman–Crippen MR) is 83.9 cm³/mol. The van der Waals surface area contributed by atoms with Gasteiger partial charge < -0.3 is 25.3 Å². The van der Waals surface area contributed by atoms with Crippen molar-refractivity contribution in [1.82, 2.24) is 9.97 Å². The smallest absolute Gasteiger partial charge is 0.696 e. The molecular weight excluding hydrogens is 347 g/mol. The first-order valence-electron chi connectivity index (χ1n) is 5.38. The summed E-state index contributed by atoms with van der Waals surface area (Å²) in [5.74, 6) is 0. The van der Waals surface area contributed by atoms with E-state index < -0.39 is 0 Å². The van der Waals surface area contributed by atoms with Gasteiger partial charge in [-0.3, -0.25) is 9.97 Å². The average molecular weight is 361 g/mol. The van der Waals surface area contributed by atoms with Crippen molar-refractivity contribution >= 4 is 25.3 Å². The Kier molecular flexibility index (Phi) is 23.7. The molecule has 0 saturated carbocycles. The number of hydrogen-bond donors (Lipinski definition) is 0. The van der Waals surface area contributed by atoms with Gasteiger partial charge in [0.25, 0.3) is 0 Å². The van der Waals surface area contributed by atoms with Gasteiger partial charge in [-0.1, -0.05) is 10.8 Å². The monoisotopic (exact) mass is 360 g/mol. The van der Waals surface area contributed by atoms with E-state index in [2.05, 4.69) is 35.2 Å². The minimum atomic E-state index is 0. The summed E-state index contributed by atoms with van der Waals surface area (Å²) in [6.45, 7) is 4.09. The van der Waals surface area contributed by atoms with Gasteiger partial charge in [0.15, 0.2) is 0 Å². The van der Waals surface area contributed by atoms with Gasteiger partial charge in [0, 0.05) is 24.8 Å². The second-order valence-electron chi connectivity index (χ2n) is 3.23. The van der Waals surface area contributed by atoms with Crippen LogP contribution in [0.2, 0.25) is 0 Å². The van der Waals surface area contributed by atoms with E-state index in [0.717, 1.165) is 0 Å². The third-order valence-electron chi connectivity index (χ3n) is 1.69. The molecule has 0 radical (unpaired) electrons. The number of nitriles is 2. The maximum Gasteiger partial charge on any atom is 2.00 e. The number of hydrogen-bond acceptors (Lipinski definition) is 6. The van der Waals surface area contributed by atoms with Crippen LogP contribution in [0.5, 0.6) is 0 Å². The van der Waals surface area contributed by atoms with E-state index in [1.54, 1.807) is 24.8 Å². The molecule has 4 nitrogen and oxygen atoms in total. The van der Waals surface area contributed by atoms with E-state index in [4.69, 9.17) is 10.5 Å². The summed E-state index contributed by atoms with van der Waals surface area (Å²) in [7, 11) is 0. The summed E-state index contributed by atoms with van der Waals surface area (Å²) in [5.41, 5.74) is 2.52. The summed E-state index contributed by atoms with van der Waals surface area (Å²) >= 11 is 7.40. The molecule has 0 aromatic carbocycles. The fraction of sp³-hybridized carbons (Fsp3) is 0.143. The van der Waals surface area contributed by atoms with Crippen LogP contribution in [0.4, 0.5) is 0 Å². The van der Waals surface area contributed by atoms with Crippen molar-refractivity contribution in [1.29, 1.82) is 10.5 Å². The molecule has 0 bridgehead atoms. The fourth-order valence-electron chi connectivity index (χ4n) is 0.853. The van der Waals surface area contributed by atoms with Gasteiger partial charge in [0.05, 0.1) is 0 Å². The zero-order valence-corrected chi connectivity index (χ0v) is 14.2. The molecule has 0 saturated heterocycles. The van der Waals surface area contributed by atoms with E-state index in [-0.39, 0.29) is 16.5 Å². The molecule has 7 heteroatoms. The van der Waals surface area contributed by atoms with Crippen LogP contribution >= 0.6 is 0 Å². The summed E-state index contributed by atoms with van der Waals surface area (Å²) in [5, 5.41) is 16.9. The molecule has 0 aliphatic rings. The molecular formula is C14H14N4NiS2. The molecule has 2 aromatic heterocycles. The van der Waals surface area contributed by atoms with Crippen LogP contribution in [0.15, 0.2) is 49.1 Å². The van der Waals surface area contributed by atoms with Gasteiger partial charge in [0.1, 0.15) is 0 Å². The number of nitrogens with zero attached hydrogens (tertiary/aromatic N) is 4. The maximum absolute atomic E-state index is 7.13. The molecule has 2 rings (SSSR count). The van der Waals surface area contributed by atoms with Gasteiger partial charge in [-0.2, -0.15) is 0 Å². The quantitative estimate of drug-likeness (QED) is 0.408. The Morgan fingerprint density at radius 3 is 1.05 bits per heavy atom. The van der Waals surface area contributed by atoms with Gasteiger partial charge >= 0.3 is 16.5 Å². The Hall–Kier alpha value is -1.79. The molecule has 21 heavy (non-hydrogen) atoms. The van der Waals surface area contributed by atoms with Crippen molar-refractivity contribution in [3.8, 4) is 10.8 Å². The van der Waals surface area contributed by atoms with Crippen molar-refractivity contribution in [3.05, 3.63) is 60.2 Å². The van der Waals surface area contributed by atoms with Crippen LogP contribution in [0.25, 0.3) is 0 Å². The molecule has 0 N–H and O–H groups in total. The Bertz CT molecular complexity index is 460. The largest absolute Gasteiger partial charge is 2.00 e. The predicted octanol–water partition coefficient (Wildman–Crippen LogP) is 2.81. The Labute approximate surface area is 147 Å². The summed E-state index contributed by atoms with van der Waals surface area (Å²) in [6, 6.07) is 7.89. The van der Waals surface area contributed by atoms with Crippen LogP contribution < -0.4 is 0 Å². The van der Waals surface area contributed by atoms with E-state index in [9.17, 15) is 0 Å². The first-order valence-corrected chi connectivity index (χ1v) is 6.19. The van der Waals surface area contributed by atoms with Crippen LogP contribution in [-0.2, 0) is 41.7 Å². The molecule has 2 aromatic rings. The second-order valence-corrected chi connectivity index (χ2v) is 3.60. The van der Waals surface area contributed by atoms with Gasteiger partial charge in [-0.15, -0.1) is 0 Å². The first kappa shape index (κ1) is 24.2. The molecule has 0 unspecified atom stereocenters. The Morgan fingerprint density at radius 1 is 0.762 bits per heavy atom. The topological polar surface area (TPSA) is 73.4 Å². The number of pyridine rings is 2. The third-order valence-corrected chi connectivity index (χ3v) is 1.69. The van der Waals surface area contributed by atoms with Gasteiger partial charge in [-0.05, 0) is 49.2 Å². The number of thiocyanates is 2. The molecule has 112 valence electrons. The van der Waals surface area contributed by atoms with Crippen molar-refractivity contribution < 1.29 is 16.5 Å². The van der Waals surface area contributed by atoms with Crippen molar-refractivity contribution in [2.24, 2.45) is 0 Å². The third kappa shape index (κ3) is 23.7. The normalized spacial score (nSPS) is 6.48.